The molecule has 0 aliphatic carbocycles. The summed E-state index contributed by atoms with van der Waals surface area (Å²) in [6, 6.07) is 6.26. The summed E-state index contributed by atoms with van der Waals surface area (Å²) in [5.41, 5.74) is 0.878. The molecule has 1 saturated heterocycles. The van der Waals surface area contributed by atoms with Crippen molar-refractivity contribution in [1.82, 2.24) is 20.4 Å². The Balaban J connectivity index is 1.65. The lowest BCUT2D eigenvalue weighted by atomic mass is 10.2. The van der Waals surface area contributed by atoms with E-state index in [1.54, 1.807) is 12.1 Å². The highest BCUT2D eigenvalue weighted by atomic mass is 19.1. The van der Waals surface area contributed by atoms with Crippen LogP contribution in [0.15, 0.2) is 24.3 Å². The molecule has 0 saturated carbocycles. The first-order valence-electron chi connectivity index (χ1n) is 7.73. The molecule has 0 radical (unpaired) electrons. The van der Waals surface area contributed by atoms with Crippen LogP contribution in [0.2, 0.25) is 0 Å². The summed E-state index contributed by atoms with van der Waals surface area (Å²) in [5.74, 6) is -0.269. The van der Waals surface area contributed by atoms with Crippen LogP contribution in [0.3, 0.4) is 0 Å². The molecule has 1 aliphatic rings. The molecule has 1 heterocycles. The molecule has 22 heavy (non-hydrogen) atoms. The van der Waals surface area contributed by atoms with Gasteiger partial charge in [0.1, 0.15) is 5.82 Å². The smallest absolute Gasteiger partial charge is 0.315 e. The van der Waals surface area contributed by atoms with Crippen molar-refractivity contribution < 1.29 is 9.18 Å². The predicted octanol–water partition coefficient (Wildman–Crippen LogP) is 1.26. The summed E-state index contributed by atoms with van der Waals surface area (Å²) in [4.78, 5) is 16.5. The molecular weight excluding hydrogens is 283 g/mol. The number of likely N-dealkylation sites (N-methyl/N-ethyl adjacent to an activating group) is 1. The summed E-state index contributed by atoms with van der Waals surface area (Å²) in [5, 5.41) is 5.68. The van der Waals surface area contributed by atoms with Gasteiger partial charge in [0, 0.05) is 45.3 Å². The number of piperazine rings is 1. The third-order valence-corrected chi connectivity index (χ3v) is 4.09. The number of benzene rings is 1. The Kier molecular flexibility index (Phi) is 6.15. The molecule has 0 spiro atoms. The van der Waals surface area contributed by atoms with E-state index in [1.165, 1.54) is 12.1 Å². The molecule has 6 heteroatoms. The van der Waals surface area contributed by atoms with E-state index in [0.717, 1.165) is 31.7 Å². The predicted molar refractivity (Wildman–Crippen MR) is 85.2 cm³/mol. The van der Waals surface area contributed by atoms with Crippen LogP contribution in [-0.2, 0) is 6.54 Å². The minimum atomic E-state index is -0.269. The van der Waals surface area contributed by atoms with Crippen LogP contribution in [0.4, 0.5) is 9.18 Å². The van der Waals surface area contributed by atoms with Crippen molar-refractivity contribution in [1.29, 1.82) is 0 Å². The Hall–Kier alpha value is -1.66. The minimum Gasteiger partial charge on any atom is -0.337 e. The molecule has 5 nitrogen and oxygen atoms in total. The lowest BCUT2D eigenvalue weighted by Crippen LogP contribution is -2.52. The quantitative estimate of drug-likeness (QED) is 0.861. The zero-order valence-electron chi connectivity index (χ0n) is 13.3. The van der Waals surface area contributed by atoms with E-state index >= 15 is 0 Å². The fourth-order valence-corrected chi connectivity index (χ4v) is 2.48. The van der Waals surface area contributed by atoms with E-state index in [2.05, 4.69) is 34.4 Å². The Morgan fingerprint density at radius 1 is 1.18 bits per heavy atom. The number of hydrogen-bond acceptors (Lipinski definition) is 3. The van der Waals surface area contributed by atoms with Crippen molar-refractivity contribution in [3.63, 3.8) is 0 Å². The molecule has 0 aromatic heterocycles. The van der Waals surface area contributed by atoms with Gasteiger partial charge in [-0.25, -0.2) is 9.18 Å². The largest absolute Gasteiger partial charge is 0.337 e. The van der Waals surface area contributed by atoms with Crippen molar-refractivity contribution in [2.75, 3.05) is 39.8 Å². The zero-order valence-corrected chi connectivity index (χ0v) is 13.3. The van der Waals surface area contributed by atoms with Gasteiger partial charge in [0.2, 0.25) is 0 Å². The highest BCUT2D eigenvalue weighted by Gasteiger charge is 2.19. The average molecular weight is 308 g/mol. The fraction of sp³-hybridized carbons (Fsp3) is 0.562. The van der Waals surface area contributed by atoms with Crippen LogP contribution >= 0.6 is 0 Å². The number of nitrogens with one attached hydrogen (secondary N) is 2. The third kappa shape index (κ3) is 5.27. The maximum absolute atomic E-state index is 12.8. The Bertz CT molecular complexity index is 472. The van der Waals surface area contributed by atoms with Crippen LogP contribution < -0.4 is 10.6 Å². The van der Waals surface area contributed by atoms with E-state index in [-0.39, 0.29) is 11.8 Å². The second-order valence-corrected chi connectivity index (χ2v) is 5.88. The minimum absolute atomic E-state index is 0.190. The molecule has 0 unspecified atom stereocenters. The Morgan fingerprint density at radius 2 is 1.82 bits per heavy atom. The van der Waals surface area contributed by atoms with Crippen LogP contribution in [0.5, 0.6) is 0 Å². The lowest BCUT2D eigenvalue weighted by molar-refractivity contribution is 0.118. The average Bonchev–Trinajstić information content (AvgIpc) is 2.52. The molecule has 1 fully saturated rings. The summed E-state index contributed by atoms with van der Waals surface area (Å²) in [6.45, 7) is 7.37. The summed E-state index contributed by atoms with van der Waals surface area (Å²) in [6.07, 6.45) is 0. The van der Waals surface area contributed by atoms with Gasteiger partial charge < -0.3 is 15.5 Å². The molecule has 2 rings (SSSR count). The molecule has 1 aliphatic heterocycles. The van der Waals surface area contributed by atoms with Gasteiger partial charge in [-0.15, -0.1) is 0 Å². The van der Waals surface area contributed by atoms with Gasteiger partial charge in [0.25, 0.3) is 0 Å². The molecule has 1 aromatic rings. The Morgan fingerprint density at radius 3 is 2.45 bits per heavy atom. The fourth-order valence-electron chi connectivity index (χ4n) is 2.48. The number of amides is 2. The van der Waals surface area contributed by atoms with Gasteiger partial charge in [-0.3, -0.25) is 4.90 Å². The van der Waals surface area contributed by atoms with E-state index in [9.17, 15) is 9.18 Å². The van der Waals surface area contributed by atoms with Gasteiger partial charge in [0.05, 0.1) is 0 Å². The second-order valence-electron chi connectivity index (χ2n) is 5.88. The first-order valence-corrected chi connectivity index (χ1v) is 7.73. The van der Waals surface area contributed by atoms with E-state index in [1.807, 2.05) is 0 Å². The van der Waals surface area contributed by atoms with Crippen molar-refractivity contribution >= 4 is 6.03 Å². The van der Waals surface area contributed by atoms with Crippen LogP contribution in [0.1, 0.15) is 12.5 Å². The maximum Gasteiger partial charge on any atom is 0.315 e. The highest BCUT2D eigenvalue weighted by molar-refractivity contribution is 5.73. The zero-order chi connectivity index (χ0) is 15.9. The van der Waals surface area contributed by atoms with Gasteiger partial charge in [-0.2, -0.15) is 0 Å². The first-order chi connectivity index (χ1) is 10.5. The molecule has 2 amide bonds. The third-order valence-electron chi connectivity index (χ3n) is 4.09. The normalized spacial score (nSPS) is 18.0. The monoisotopic (exact) mass is 308 g/mol. The van der Waals surface area contributed by atoms with Gasteiger partial charge in [0.15, 0.2) is 0 Å². The summed E-state index contributed by atoms with van der Waals surface area (Å²) < 4.78 is 12.8. The topological polar surface area (TPSA) is 47.6 Å². The van der Waals surface area contributed by atoms with Crippen molar-refractivity contribution in [3.05, 3.63) is 35.6 Å². The van der Waals surface area contributed by atoms with Gasteiger partial charge in [-0.1, -0.05) is 12.1 Å². The molecule has 0 bridgehead atoms. The number of carbonyl (C=O) groups is 1. The number of rotatable bonds is 5. The number of hydrogen-bond donors (Lipinski definition) is 2. The van der Waals surface area contributed by atoms with Crippen molar-refractivity contribution in [2.45, 2.75) is 19.5 Å². The van der Waals surface area contributed by atoms with Gasteiger partial charge >= 0.3 is 6.03 Å². The number of carbonyl (C=O) groups excluding carboxylic acids is 1. The number of nitrogens with zero attached hydrogens (tertiary/aromatic N) is 2. The van der Waals surface area contributed by atoms with Crippen molar-refractivity contribution in [3.8, 4) is 0 Å². The first kappa shape index (κ1) is 16.7. The maximum atomic E-state index is 12.8. The van der Waals surface area contributed by atoms with Crippen LogP contribution in [0.25, 0.3) is 0 Å². The summed E-state index contributed by atoms with van der Waals surface area (Å²) >= 11 is 0. The number of urea groups is 1. The standard InChI is InChI=1S/C16H25FN4O/c1-13(21-9-7-20(2)8-10-21)11-18-16(22)19-12-14-3-5-15(17)6-4-14/h3-6,13H,7-12H2,1-2H3,(H2,18,19,22)/t13-/m0/s1. The summed E-state index contributed by atoms with van der Waals surface area (Å²) in [7, 11) is 2.13. The lowest BCUT2D eigenvalue weighted by Gasteiger charge is -2.36. The SMILES string of the molecule is C[C@@H](CNC(=O)NCc1ccc(F)cc1)N1CCN(C)CC1. The molecular formula is C16H25FN4O. The molecule has 1 aromatic carbocycles. The van der Waals surface area contributed by atoms with E-state index < -0.39 is 0 Å². The molecule has 122 valence electrons. The molecule has 1 atom stereocenters. The van der Waals surface area contributed by atoms with E-state index in [4.69, 9.17) is 0 Å². The second kappa shape index (κ2) is 8.10. The van der Waals surface area contributed by atoms with E-state index in [0.29, 0.717) is 19.1 Å². The molecule has 2 N–H and O–H groups in total. The Labute approximate surface area is 131 Å². The van der Waals surface area contributed by atoms with Crippen molar-refractivity contribution in [2.24, 2.45) is 0 Å². The number of halogens is 1. The van der Waals surface area contributed by atoms with Gasteiger partial charge in [-0.05, 0) is 31.7 Å². The highest BCUT2D eigenvalue weighted by Crippen LogP contribution is 2.04. The van der Waals surface area contributed by atoms with Crippen LogP contribution in [-0.4, -0.2) is 61.6 Å². The van der Waals surface area contributed by atoms with Crippen LogP contribution in [0, 0.1) is 5.82 Å².